The van der Waals surface area contributed by atoms with Gasteiger partial charge in [0.25, 0.3) is 5.56 Å². The van der Waals surface area contributed by atoms with Crippen molar-refractivity contribution in [3.63, 3.8) is 0 Å². The van der Waals surface area contributed by atoms with Crippen LogP contribution in [-0.4, -0.2) is 21.7 Å². The minimum atomic E-state index is -0.650. The van der Waals surface area contributed by atoms with Gasteiger partial charge in [0, 0.05) is 28.7 Å². The highest BCUT2D eigenvalue weighted by Crippen LogP contribution is 2.31. The molecule has 1 aliphatic rings. The van der Waals surface area contributed by atoms with Crippen LogP contribution in [-0.2, 0) is 16.1 Å². The van der Waals surface area contributed by atoms with Crippen molar-refractivity contribution in [2.24, 2.45) is 4.99 Å². The molecule has 3 heterocycles. The Labute approximate surface area is 252 Å². The molecule has 0 N–H and O–H groups in total. The van der Waals surface area contributed by atoms with Gasteiger partial charge in [-0.05, 0) is 57.0 Å². The van der Waals surface area contributed by atoms with Crippen molar-refractivity contribution in [1.82, 2.24) is 9.13 Å². The number of rotatable bonds is 6. The molecule has 0 radical (unpaired) electrons. The molecule has 7 nitrogen and oxygen atoms in total. The lowest BCUT2D eigenvalue weighted by Crippen LogP contribution is -2.39. The number of benzene rings is 3. The van der Waals surface area contributed by atoms with Crippen molar-refractivity contribution in [2.45, 2.75) is 40.3 Å². The van der Waals surface area contributed by atoms with Crippen LogP contribution in [0.25, 0.3) is 17.0 Å². The molecule has 8 heteroatoms. The highest BCUT2D eigenvalue weighted by Gasteiger charge is 2.33. The molecule has 0 saturated carbocycles. The van der Waals surface area contributed by atoms with Crippen LogP contribution in [0.3, 0.4) is 0 Å². The number of hydrogen-bond acceptors (Lipinski definition) is 6. The molecule has 5 aromatic rings. The largest absolute Gasteiger partial charge is 0.463 e. The van der Waals surface area contributed by atoms with Gasteiger partial charge in [0.15, 0.2) is 4.80 Å². The average Bonchev–Trinajstić information content (AvgIpc) is 3.45. The van der Waals surface area contributed by atoms with Crippen LogP contribution in [0.4, 0.5) is 0 Å². The number of ether oxygens (including phenoxy) is 1. The van der Waals surface area contributed by atoms with Gasteiger partial charge in [0.05, 0.1) is 40.1 Å². The van der Waals surface area contributed by atoms with Crippen LogP contribution in [0.2, 0.25) is 0 Å². The van der Waals surface area contributed by atoms with Gasteiger partial charge in [-0.3, -0.25) is 9.36 Å². The molecule has 0 spiro atoms. The summed E-state index contributed by atoms with van der Waals surface area (Å²) in [4.78, 5) is 32.6. The molecule has 1 atom stereocenters. The number of para-hydroxylation sites is 1. The molecule has 0 saturated heterocycles. The quantitative estimate of drug-likeness (QED) is 0.253. The zero-order valence-corrected chi connectivity index (χ0v) is 25.2. The van der Waals surface area contributed by atoms with E-state index in [1.54, 1.807) is 18.4 Å². The van der Waals surface area contributed by atoms with E-state index >= 15 is 0 Å². The second-order valence-electron chi connectivity index (χ2n) is 10.6. The number of aryl methyl sites for hydroxylation is 1. The molecule has 0 aliphatic carbocycles. The maximum absolute atomic E-state index is 14.2. The molecular weight excluding hydrogens is 556 g/mol. The monoisotopic (exact) mass is 586 g/mol. The number of allylic oxidation sites excluding steroid dienone is 1. The van der Waals surface area contributed by atoms with E-state index in [2.05, 4.69) is 22.8 Å². The van der Waals surface area contributed by atoms with E-state index in [1.165, 1.54) is 11.3 Å². The van der Waals surface area contributed by atoms with Crippen molar-refractivity contribution >= 4 is 34.3 Å². The lowest BCUT2D eigenvalue weighted by Gasteiger charge is -2.24. The van der Waals surface area contributed by atoms with Gasteiger partial charge >= 0.3 is 5.97 Å². The topological polar surface area (TPSA) is 89.4 Å². The predicted octanol–water partition coefficient (Wildman–Crippen LogP) is 5.29. The Balaban J connectivity index is 1.55. The Morgan fingerprint density at radius 3 is 2.51 bits per heavy atom. The third-order valence-electron chi connectivity index (χ3n) is 7.93. The summed E-state index contributed by atoms with van der Waals surface area (Å²) in [6.45, 7) is 8.35. The highest BCUT2D eigenvalue weighted by atomic mass is 32.1. The van der Waals surface area contributed by atoms with Gasteiger partial charge in [-0.1, -0.05) is 77.6 Å². The van der Waals surface area contributed by atoms with Crippen LogP contribution in [0.5, 0.6) is 0 Å². The van der Waals surface area contributed by atoms with Crippen molar-refractivity contribution in [1.29, 1.82) is 5.26 Å². The fraction of sp³-hybridized carbons (Fsp3) is 0.200. The van der Waals surface area contributed by atoms with E-state index in [4.69, 9.17) is 9.73 Å². The van der Waals surface area contributed by atoms with Crippen LogP contribution >= 0.6 is 11.3 Å². The number of fused-ring (bicyclic) bond motifs is 2. The number of carbonyl (C=O) groups excluding carboxylic acids is 1. The van der Waals surface area contributed by atoms with Gasteiger partial charge in [0.2, 0.25) is 0 Å². The molecule has 3 aromatic carbocycles. The molecule has 43 heavy (non-hydrogen) atoms. The summed E-state index contributed by atoms with van der Waals surface area (Å²) in [5, 5.41) is 10.7. The van der Waals surface area contributed by atoms with Crippen LogP contribution in [0, 0.1) is 25.2 Å². The van der Waals surface area contributed by atoms with E-state index in [-0.39, 0.29) is 12.2 Å². The van der Waals surface area contributed by atoms with E-state index in [0.29, 0.717) is 32.7 Å². The molecule has 2 aromatic heterocycles. The molecule has 1 aliphatic heterocycles. The van der Waals surface area contributed by atoms with E-state index < -0.39 is 12.0 Å². The Hall–Kier alpha value is -5.00. The first-order valence-electron chi connectivity index (χ1n) is 14.1. The number of nitrogens with zero attached hydrogens (tertiary/aromatic N) is 4. The molecule has 0 fully saturated rings. The predicted molar refractivity (Wildman–Crippen MR) is 169 cm³/mol. The minimum absolute atomic E-state index is 0.213. The van der Waals surface area contributed by atoms with E-state index in [0.717, 1.165) is 38.9 Å². The Morgan fingerprint density at radius 2 is 1.77 bits per heavy atom. The number of aromatic nitrogens is 2. The Bertz CT molecular complexity index is 2160. The maximum atomic E-state index is 14.2. The molecule has 0 amide bonds. The minimum Gasteiger partial charge on any atom is -0.463 e. The van der Waals surface area contributed by atoms with Gasteiger partial charge in [-0.2, -0.15) is 5.26 Å². The van der Waals surface area contributed by atoms with E-state index in [1.807, 2.05) is 80.6 Å². The summed E-state index contributed by atoms with van der Waals surface area (Å²) < 4.78 is 9.75. The summed E-state index contributed by atoms with van der Waals surface area (Å²) in [5.74, 6) is -0.472. The molecule has 0 unspecified atom stereocenters. The van der Waals surface area contributed by atoms with E-state index in [9.17, 15) is 14.9 Å². The average molecular weight is 587 g/mol. The lowest BCUT2D eigenvalue weighted by atomic mass is 9.95. The SMILES string of the molecule is CCOC(=O)C1=C(C)N=c2s/c(=C\c3c(C)n(Cc4ccccc4C#N)c4ccccc34)c(=O)n2[C@H]1c1ccc(C)cc1. The number of carbonyl (C=O) groups is 1. The molecule has 6 rings (SSSR count). The summed E-state index contributed by atoms with van der Waals surface area (Å²) in [5.41, 5.74) is 7.10. The zero-order chi connectivity index (χ0) is 30.2. The third kappa shape index (κ3) is 4.92. The van der Waals surface area contributed by atoms with Crippen molar-refractivity contribution < 1.29 is 9.53 Å². The van der Waals surface area contributed by atoms with Crippen LogP contribution < -0.4 is 14.9 Å². The maximum Gasteiger partial charge on any atom is 0.338 e. The van der Waals surface area contributed by atoms with Gasteiger partial charge < -0.3 is 9.30 Å². The number of nitriles is 1. The second kappa shape index (κ2) is 11.3. The van der Waals surface area contributed by atoms with Crippen LogP contribution in [0.15, 0.2) is 93.9 Å². The van der Waals surface area contributed by atoms with Gasteiger partial charge in [-0.15, -0.1) is 0 Å². The Morgan fingerprint density at radius 1 is 1.05 bits per heavy atom. The fourth-order valence-corrected chi connectivity index (χ4v) is 6.80. The summed E-state index contributed by atoms with van der Waals surface area (Å²) in [7, 11) is 0. The molecule has 214 valence electrons. The first kappa shape index (κ1) is 28.1. The zero-order valence-electron chi connectivity index (χ0n) is 24.4. The summed E-state index contributed by atoms with van der Waals surface area (Å²) in [6.07, 6.45) is 1.93. The number of hydrogen-bond donors (Lipinski definition) is 0. The van der Waals surface area contributed by atoms with Crippen LogP contribution in [0.1, 0.15) is 53.4 Å². The summed E-state index contributed by atoms with van der Waals surface area (Å²) >= 11 is 1.32. The standard InChI is InChI=1S/C35H30N4O3S/c1-5-42-34(41)31-22(3)37-35-39(32(31)24-16-14-21(2)15-17-24)33(40)30(43-35)18-28-23(4)38(29-13-9-8-12-27(28)29)20-26-11-7-6-10-25(26)19-36/h6-18,32H,5,20H2,1-4H3/b30-18-/t32-/m0/s1. The Kier molecular flexibility index (Phi) is 7.43. The fourth-order valence-electron chi connectivity index (χ4n) is 5.77. The third-order valence-corrected chi connectivity index (χ3v) is 8.91. The highest BCUT2D eigenvalue weighted by molar-refractivity contribution is 7.07. The second-order valence-corrected chi connectivity index (χ2v) is 11.6. The van der Waals surface area contributed by atoms with Gasteiger partial charge in [0.1, 0.15) is 0 Å². The summed E-state index contributed by atoms with van der Waals surface area (Å²) in [6, 6.07) is 25.2. The van der Waals surface area contributed by atoms with Crippen molar-refractivity contribution in [3.05, 3.63) is 137 Å². The number of thiazole rings is 1. The normalized spacial score (nSPS) is 14.9. The van der Waals surface area contributed by atoms with Crippen molar-refractivity contribution in [3.8, 4) is 6.07 Å². The smallest absolute Gasteiger partial charge is 0.338 e. The van der Waals surface area contributed by atoms with Crippen molar-refractivity contribution in [2.75, 3.05) is 6.61 Å². The first-order valence-corrected chi connectivity index (χ1v) is 15.0. The number of esters is 1. The first-order chi connectivity index (χ1) is 20.8. The molecule has 0 bridgehead atoms. The van der Waals surface area contributed by atoms with Gasteiger partial charge in [-0.25, -0.2) is 9.79 Å². The lowest BCUT2D eigenvalue weighted by molar-refractivity contribution is -0.139. The molecular formula is C35H30N4O3S.